The minimum Gasteiger partial charge on any atom is -0.459 e. The third-order valence-corrected chi connectivity index (χ3v) is 5.57. The zero-order chi connectivity index (χ0) is 20.8. The number of nitrogens with zero attached hydrogens (tertiary/aromatic N) is 4. The fraction of sp³-hybridized carbons (Fsp3) is 0.455. The van der Waals surface area contributed by atoms with Crippen LogP contribution in [0.15, 0.2) is 52.1 Å². The lowest BCUT2D eigenvalue weighted by molar-refractivity contribution is 0.0657. The van der Waals surface area contributed by atoms with E-state index in [2.05, 4.69) is 44.4 Å². The first-order valence-electron chi connectivity index (χ1n) is 10.4. The third-order valence-electron chi connectivity index (χ3n) is 5.57. The van der Waals surface area contributed by atoms with Gasteiger partial charge in [0, 0.05) is 58.5 Å². The van der Waals surface area contributed by atoms with Gasteiger partial charge in [0.15, 0.2) is 11.7 Å². The molecule has 1 N–H and O–H groups in total. The molecular formula is C22H29N5O3. The summed E-state index contributed by atoms with van der Waals surface area (Å²) in [6, 6.07) is 12.1. The molecule has 1 amide bonds. The van der Waals surface area contributed by atoms with Gasteiger partial charge in [0.05, 0.1) is 19.5 Å². The fourth-order valence-electron chi connectivity index (χ4n) is 3.84. The molecule has 0 radical (unpaired) electrons. The van der Waals surface area contributed by atoms with Gasteiger partial charge in [-0.3, -0.25) is 9.79 Å². The number of carbonyl (C=O) groups is 1. The Morgan fingerprint density at radius 3 is 2.33 bits per heavy atom. The number of piperazine rings is 1. The van der Waals surface area contributed by atoms with Crippen LogP contribution in [0.5, 0.6) is 0 Å². The Bertz CT molecular complexity index is 836. The first kappa shape index (κ1) is 20.3. The van der Waals surface area contributed by atoms with Crippen molar-refractivity contribution >= 4 is 17.6 Å². The van der Waals surface area contributed by atoms with Gasteiger partial charge in [-0.2, -0.15) is 0 Å². The van der Waals surface area contributed by atoms with Crippen LogP contribution >= 0.6 is 0 Å². The topological polar surface area (TPSA) is 73.6 Å². The van der Waals surface area contributed by atoms with Gasteiger partial charge in [0.25, 0.3) is 5.91 Å². The number of aliphatic imine (C=N–C) groups is 1. The number of hydrogen-bond donors (Lipinski definition) is 1. The van der Waals surface area contributed by atoms with Gasteiger partial charge in [0.1, 0.15) is 0 Å². The predicted molar refractivity (Wildman–Crippen MR) is 116 cm³/mol. The monoisotopic (exact) mass is 411 g/mol. The van der Waals surface area contributed by atoms with E-state index in [-0.39, 0.29) is 5.91 Å². The van der Waals surface area contributed by atoms with Gasteiger partial charge < -0.3 is 29.2 Å². The number of guanidine groups is 1. The van der Waals surface area contributed by atoms with Crippen LogP contribution in [0.25, 0.3) is 0 Å². The molecule has 2 aromatic rings. The summed E-state index contributed by atoms with van der Waals surface area (Å²) in [5.41, 5.74) is 2.45. The molecule has 8 heteroatoms. The van der Waals surface area contributed by atoms with Crippen molar-refractivity contribution < 1.29 is 13.9 Å². The Hall–Kier alpha value is -3.00. The van der Waals surface area contributed by atoms with Crippen LogP contribution in [0.1, 0.15) is 16.1 Å². The first-order valence-corrected chi connectivity index (χ1v) is 10.4. The van der Waals surface area contributed by atoms with Crippen molar-refractivity contribution in [1.82, 2.24) is 15.1 Å². The maximum Gasteiger partial charge on any atom is 0.289 e. The molecule has 0 aliphatic carbocycles. The number of rotatable bonds is 4. The number of nitrogens with one attached hydrogen (secondary N) is 1. The number of anilines is 1. The van der Waals surface area contributed by atoms with Crippen molar-refractivity contribution in [2.75, 3.05) is 64.4 Å². The molecule has 2 saturated heterocycles. The second kappa shape index (κ2) is 9.67. The number of carbonyl (C=O) groups excluding carboxylic acids is 1. The van der Waals surface area contributed by atoms with E-state index >= 15 is 0 Å². The maximum atomic E-state index is 12.4. The Kier molecular flexibility index (Phi) is 6.53. The fourth-order valence-corrected chi connectivity index (χ4v) is 3.84. The summed E-state index contributed by atoms with van der Waals surface area (Å²) >= 11 is 0. The molecule has 8 nitrogen and oxygen atoms in total. The number of hydrogen-bond acceptors (Lipinski definition) is 5. The lowest BCUT2D eigenvalue weighted by atomic mass is 10.2. The Morgan fingerprint density at radius 2 is 1.70 bits per heavy atom. The van der Waals surface area contributed by atoms with E-state index in [1.54, 1.807) is 19.2 Å². The van der Waals surface area contributed by atoms with Gasteiger partial charge in [-0.1, -0.05) is 12.1 Å². The summed E-state index contributed by atoms with van der Waals surface area (Å²) in [6.45, 7) is 6.95. The van der Waals surface area contributed by atoms with Crippen LogP contribution in [0.4, 0.5) is 5.69 Å². The van der Waals surface area contributed by atoms with Crippen LogP contribution in [-0.2, 0) is 11.3 Å². The minimum atomic E-state index is -0.0528. The highest BCUT2D eigenvalue weighted by Crippen LogP contribution is 2.17. The minimum absolute atomic E-state index is 0.0528. The van der Waals surface area contributed by atoms with E-state index in [1.165, 1.54) is 17.5 Å². The smallest absolute Gasteiger partial charge is 0.289 e. The second-order valence-electron chi connectivity index (χ2n) is 7.42. The van der Waals surface area contributed by atoms with Gasteiger partial charge >= 0.3 is 0 Å². The lowest BCUT2D eigenvalue weighted by Gasteiger charge is -2.36. The van der Waals surface area contributed by atoms with E-state index in [1.807, 2.05) is 4.90 Å². The summed E-state index contributed by atoms with van der Waals surface area (Å²) < 4.78 is 10.7. The molecule has 0 spiro atoms. The molecule has 1 aromatic carbocycles. The quantitative estimate of drug-likeness (QED) is 0.609. The van der Waals surface area contributed by atoms with Crippen molar-refractivity contribution in [3.05, 3.63) is 54.0 Å². The molecule has 2 fully saturated rings. The maximum absolute atomic E-state index is 12.4. The molecule has 30 heavy (non-hydrogen) atoms. The van der Waals surface area contributed by atoms with Crippen LogP contribution in [-0.4, -0.2) is 81.2 Å². The average Bonchev–Trinajstić information content (AvgIpc) is 3.35. The molecule has 4 rings (SSSR count). The van der Waals surface area contributed by atoms with Gasteiger partial charge in [-0.15, -0.1) is 0 Å². The van der Waals surface area contributed by atoms with E-state index in [9.17, 15) is 4.79 Å². The summed E-state index contributed by atoms with van der Waals surface area (Å²) in [4.78, 5) is 23.2. The largest absolute Gasteiger partial charge is 0.459 e. The number of benzene rings is 1. The van der Waals surface area contributed by atoms with Crippen LogP contribution in [0.2, 0.25) is 0 Å². The number of morpholine rings is 1. The van der Waals surface area contributed by atoms with Crippen molar-refractivity contribution in [1.29, 1.82) is 0 Å². The Morgan fingerprint density at radius 1 is 1.00 bits per heavy atom. The lowest BCUT2D eigenvalue weighted by Crippen LogP contribution is -2.53. The second-order valence-corrected chi connectivity index (χ2v) is 7.42. The highest BCUT2D eigenvalue weighted by Gasteiger charge is 2.25. The summed E-state index contributed by atoms with van der Waals surface area (Å²) in [5, 5.41) is 3.45. The predicted octanol–water partition coefficient (Wildman–Crippen LogP) is 1.65. The zero-order valence-electron chi connectivity index (χ0n) is 17.4. The van der Waals surface area contributed by atoms with Gasteiger partial charge in [0.2, 0.25) is 0 Å². The molecular weight excluding hydrogens is 382 g/mol. The summed E-state index contributed by atoms with van der Waals surface area (Å²) in [6.07, 6.45) is 1.53. The third kappa shape index (κ3) is 4.76. The van der Waals surface area contributed by atoms with Crippen LogP contribution < -0.4 is 10.2 Å². The molecule has 0 atom stereocenters. The number of ether oxygens (including phenoxy) is 1. The molecule has 0 saturated carbocycles. The van der Waals surface area contributed by atoms with Crippen molar-refractivity contribution in [3.63, 3.8) is 0 Å². The van der Waals surface area contributed by atoms with Crippen LogP contribution in [0, 0.1) is 0 Å². The summed E-state index contributed by atoms with van der Waals surface area (Å²) in [5.74, 6) is 1.20. The Labute approximate surface area is 177 Å². The van der Waals surface area contributed by atoms with Crippen molar-refractivity contribution in [3.8, 4) is 0 Å². The molecule has 3 heterocycles. The van der Waals surface area contributed by atoms with Gasteiger partial charge in [-0.05, 0) is 29.8 Å². The number of amides is 1. The summed E-state index contributed by atoms with van der Waals surface area (Å²) in [7, 11) is 1.80. The standard InChI is InChI=1S/C22H29N5O3/c1-23-22(27-10-8-26(9-11-27)21(28)20-3-2-14-30-20)24-17-18-4-6-19(7-5-18)25-12-15-29-16-13-25/h2-7,14H,8-13,15-17H2,1H3,(H,23,24). The van der Waals surface area contributed by atoms with Crippen molar-refractivity contribution in [2.24, 2.45) is 4.99 Å². The highest BCUT2D eigenvalue weighted by molar-refractivity contribution is 5.91. The molecule has 0 unspecified atom stereocenters. The molecule has 2 aliphatic heterocycles. The molecule has 1 aromatic heterocycles. The van der Waals surface area contributed by atoms with Crippen LogP contribution in [0.3, 0.4) is 0 Å². The molecule has 160 valence electrons. The first-order chi connectivity index (χ1) is 14.7. The van der Waals surface area contributed by atoms with Crippen molar-refractivity contribution in [2.45, 2.75) is 6.54 Å². The molecule has 2 aliphatic rings. The SMILES string of the molecule is CN=C(NCc1ccc(N2CCOCC2)cc1)N1CCN(C(=O)c2ccco2)CC1. The van der Waals surface area contributed by atoms with E-state index in [4.69, 9.17) is 9.15 Å². The van der Waals surface area contributed by atoms with Gasteiger partial charge in [-0.25, -0.2) is 0 Å². The Balaban J connectivity index is 1.26. The van der Waals surface area contributed by atoms with E-state index in [0.29, 0.717) is 25.4 Å². The zero-order valence-corrected chi connectivity index (χ0v) is 17.4. The number of furan rings is 1. The highest BCUT2D eigenvalue weighted by atomic mass is 16.5. The normalized spacial score (nSPS) is 17.9. The van der Waals surface area contributed by atoms with E-state index < -0.39 is 0 Å². The molecule has 0 bridgehead atoms. The van der Waals surface area contributed by atoms with E-state index in [0.717, 1.165) is 45.4 Å². The average molecular weight is 412 g/mol.